The Kier molecular flexibility index (Phi) is 6.54. The molecule has 0 saturated heterocycles. The SMILES string of the molecule is Cc1ncc(-c2nc(Nc3ccc(C(=O)O)c(F)c3)ncc2F)n1C(C)C.[H-].[Li+]. The second-order valence-electron chi connectivity index (χ2n) is 6.17. The third-order valence-corrected chi connectivity index (χ3v) is 3.94. The molecule has 2 heterocycles. The zero-order valence-corrected chi connectivity index (χ0v) is 15.9. The number of aromatic carboxylic acids is 1. The number of benzene rings is 1. The molecule has 7 nitrogen and oxygen atoms in total. The van der Waals surface area contributed by atoms with E-state index >= 15 is 0 Å². The number of carboxylic acid groups (broad SMARTS) is 1. The van der Waals surface area contributed by atoms with Crippen LogP contribution in [0.5, 0.6) is 0 Å². The van der Waals surface area contributed by atoms with Crippen LogP contribution in [0, 0.1) is 18.6 Å². The van der Waals surface area contributed by atoms with Crippen LogP contribution in [-0.2, 0) is 0 Å². The number of aryl methyl sites for hydroxylation is 1. The minimum atomic E-state index is -1.36. The van der Waals surface area contributed by atoms with Gasteiger partial charge in [0.25, 0.3) is 0 Å². The number of halogens is 2. The number of nitrogens with zero attached hydrogens (tertiary/aromatic N) is 4. The fourth-order valence-electron chi connectivity index (χ4n) is 2.78. The molecule has 0 aliphatic rings. The number of imidazole rings is 1. The van der Waals surface area contributed by atoms with Crippen LogP contribution in [0.25, 0.3) is 11.4 Å². The average molecular weight is 381 g/mol. The van der Waals surface area contributed by atoms with Crippen LogP contribution in [0.2, 0.25) is 0 Å². The molecule has 0 fully saturated rings. The van der Waals surface area contributed by atoms with E-state index in [9.17, 15) is 13.6 Å². The van der Waals surface area contributed by atoms with Gasteiger partial charge in [-0.15, -0.1) is 0 Å². The fraction of sp³-hybridized carbons (Fsp3) is 0.222. The van der Waals surface area contributed by atoms with Gasteiger partial charge in [-0.3, -0.25) is 0 Å². The summed E-state index contributed by atoms with van der Waals surface area (Å²) < 4.78 is 30.0. The average Bonchev–Trinajstić information content (AvgIpc) is 2.98. The number of hydrogen-bond donors (Lipinski definition) is 2. The number of nitrogens with one attached hydrogen (secondary N) is 1. The monoisotopic (exact) mass is 381 g/mol. The van der Waals surface area contributed by atoms with Crippen molar-refractivity contribution in [2.45, 2.75) is 26.8 Å². The summed E-state index contributed by atoms with van der Waals surface area (Å²) in [6.45, 7) is 5.71. The molecule has 0 spiro atoms. The number of carbonyl (C=O) groups is 1. The Morgan fingerprint density at radius 2 is 1.93 bits per heavy atom. The van der Waals surface area contributed by atoms with Crippen molar-refractivity contribution in [2.75, 3.05) is 5.32 Å². The van der Waals surface area contributed by atoms with E-state index in [1.165, 1.54) is 12.3 Å². The van der Waals surface area contributed by atoms with Gasteiger partial charge in [0.15, 0.2) is 5.82 Å². The van der Waals surface area contributed by atoms with Crippen LogP contribution in [0.1, 0.15) is 37.5 Å². The van der Waals surface area contributed by atoms with Crippen LogP contribution in [-0.4, -0.2) is 30.6 Å². The summed E-state index contributed by atoms with van der Waals surface area (Å²) in [7, 11) is 0. The Bertz CT molecular complexity index is 1030. The van der Waals surface area contributed by atoms with Crippen molar-refractivity contribution in [3.63, 3.8) is 0 Å². The van der Waals surface area contributed by atoms with Crippen molar-refractivity contribution in [3.05, 3.63) is 53.6 Å². The second kappa shape index (κ2) is 8.50. The molecular weight excluding hydrogens is 363 g/mol. The standard InChI is InChI=1S/C18H17F2N5O2.Li.H/c1-9(2)25-10(3)21-8-15(25)16-14(20)7-22-18(24-16)23-11-4-5-12(17(26)27)13(19)6-11;;/h4-9H,1-3H3,(H,26,27)(H,22,23,24);;/q;+1;-1. The van der Waals surface area contributed by atoms with Crippen molar-refractivity contribution in [3.8, 4) is 11.4 Å². The molecule has 0 bridgehead atoms. The van der Waals surface area contributed by atoms with Gasteiger partial charge < -0.3 is 16.4 Å². The second-order valence-corrected chi connectivity index (χ2v) is 6.17. The van der Waals surface area contributed by atoms with Crippen molar-refractivity contribution >= 4 is 17.6 Å². The Labute approximate surface area is 173 Å². The largest absolute Gasteiger partial charge is 1.00 e. The van der Waals surface area contributed by atoms with Gasteiger partial charge in [-0.2, -0.15) is 0 Å². The van der Waals surface area contributed by atoms with Gasteiger partial charge in [0.1, 0.15) is 17.3 Å². The third kappa shape index (κ3) is 4.21. The summed E-state index contributed by atoms with van der Waals surface area (Å²) in [5, 5.41) is 11.6. The molecule has 0 radical (unpaired) electrons. The zero-order chi connectivity index (χ0) is 19.7. The first-order valence-corrected chi connectivity index (χ1v) is 8.14. The number of aromatic nitrogens is 4. The zero-order valence-electron chi connectivity index (χ0n) is 16.9. The van der Waals surface area contributed by atoms with Crippen LogP contribution in [0.4, 0.5) is 20.4 Å². The van der Waals surface area contributed by atoms with Crippen LogP contribution < -0.4 is 24.2 Å². The molecule has 142 valence electrons. The maximum absolute atomic E-state index is 14.3. The number of anilines is 2. The Balaban J connectivity index is 0.00000210. The first-order valence-electron chi connectivity index (χ1n) is 8.14. The number of carboxylic acids is 1. The van der Waals surface area contributed by atoms with E-state index in [-0.39, 0.29) is 43.7 Å². The quantitative estimate of drug-likeness (QED) is 0.643. The molecule has 0 aliphatic carbocycles. The van der Waals surface area contributed by atoms with Gasteiger partial charge in [0, 0.05) is 11.7 Å². The molecule has 10 heteroatoms. The molecule has 2 aromatic heterocycles. The van der Waals surface area contributed by atoms with E-state index in [4.69, 9.17) is 5.11 Å². The maximum Gasteiger partial charge on any atom is 1.00 e. The predicted molar refractivity (Wildman–Crippen MR) is 96.1 cm³/mol. The van der Waals surface area contributed by atoms with Crippen molar-refractivity contribution in [1.29, 1.82) is 0 Å². The minimum Gasteiger partial charge on any atom is -1.00 e. The molecule has 3 aromatic rings. The molecule has 28 heavy (non-hydrogen) atoms. The summed E-state index contributed by atoms with van der Waals surface area (Å²) in [4.78, 5) is 23.1. The van der Waals surface area contributed by atoms with Crippen LogP contribution >= 0.6 is 0 Å². The van der Waals surface area contributed by atoms with Gasteiger partial charge >= 0.3 is 24.8 Å². The summed E-state index contributed by atoms with van der Waals surface area (Å²) in [6, 6.07) is 3.56. The molecule has 2 N–H and O–H groups in total. The molecule has 0 aliphatic heterocycles. The summed E-state index contributed by atoms with van der Waals surface area (Å²) in [5.74, 6) is -2.11. The van der Waals surface area contributed by atoms with E-state index in [1.807, 2.05) is 25.3 Å². The number of rotatable bonds is 5. The van der Waals surface area contributed by atoms with E-state index < -0.39 is 23.2 Å². The molecule has 3 rings (SSSR count). The Hall–Kier alpha value is -2.76. The first-order chi connectivity index (χ1) is 12.8. The number of hydrogen-bond acceptors (Lipinski definition) is 5. The van der Waals surface area contributed by atoms with Crippen molar-refractivity contribution < 1.29 is 39.0 Å². The van der Waals surface area contributed by atoms with Crippen molar-refractivity contribution in [2.24, 2.45) is 0 Å². The third-order valence-electron chi connectivity index (χ3n) is 3.94. The Morgan fingerprint density at radius 3 is 2.54 bits per heavy atom. The summed E-state index contributed by atoms with van der Waals surface area (Å²) in [6.07, 6.45) is 2.55. The molecule has 0 amide bonds. The normalized spacial score (nSPS) is 10.6. The minimum absolute atomic E-state index is 0. The molecule has 0 saturated carbocycles. The Morgan fingerprint density at radius 1 is 1.21 bits per heavy atom. The van der Waals surface area contributed by atoms with E-state index in [0.29, 0.717) is 5.69 Å². The molecule has 0 unspecified atom stereocenters. The van der Waals surface area contributed by atoms with Crippen LogP contribution in [0.15, 0.2) is 30.6 Å². The smallest absolute Gasteiger partial charge is 1.00 e. The van der Waals surface area contributed by atoms with Gasteiger partial charge in [0.05, 0.1) is 23.7 Å². The van der Waals surface area contributed by atoms with Gasteiger partial charge in [-0.05, 0) is 39.0 Å². The first kappa shape index (κ1) is 21.5. The van der Waals surface area contributed by atoms with Gasteiger partial charge in [0.2, 0.25) is 5.95 Å². The van der Waals surface area contributed by atoms with E-state index in [1.54, 1.807) is 0 Å². The maximum atomic E-state index is 14.3. The van der Waals surface area contributed by atoms with E-state index in [2.05, 4.69) is 20.3 Å². The summed E-state index contributed by atoms with van der Waals surface area (Å²) in [5.41, 5.74) is 0.350. The summed E-state index contributed by atoms with van der Waals surface area (Å²) >= 11 is 0. The molecular formula is C18H18F2LiN5O2. The molecule has 0 atom stereocenters. The predicted octanol–water partition coefficient (Wildman–Crippen LogP) is 1.07. The van der Waals surface area contributed by atoms with Gasteiger partial charge in [-0.1, -0.05) is 0 Å². The molecule has 1 aromatic carbocycles. The topological polar surface area (TPSA) is 92.9 Å². The van der Waals surface area contributed by atoms with Crippen LogP contribution in [0.3, 0.4) is 0 Å². The van der Waals surface area contributed by atoms with Crippen molar-refractivity contribution in [1.82, 2.24) is 19.5 Å². The fourth-order valence-corrected chi connectivity index (χ4v) is 2.78. The van der Waals surface area contributed by atoms with Gasteiger partial charge in [-0.25, -0.2) is 28.5 Å². The van der Waals surface area contributed by atoms with E-state index in [0.717, 1.165) is 24.2 Å².